The number of amides is 1. The molecule has 0 aromatic heterocycles. The molecule has 1 amide bonds. The lowest BCUT2D eigenvalue weighted by molar-refractivity contribution is -0.113. The van der Waals surface area contributed by atoms with E-state index < -0.39 is 21.5 Å². The Morgan fingerprint density at radius 1 is 1.00 bits per heavy atom. The SMILES string of the molecule is COc1cc(NC(=O)CS(=O)(=O)c2ccc(C)cc2)cc(OC)c1. The van der Waals surface area contributed by atoms with E-state index in [9.17, 15) is 13.2 Å². The third-order valence-electron chi connectivity index (χ3n) is 3.34. The van der Waals surface area contributed by atoms with Crippen molar-refractivity contribution in [3.63, 3.8) is 0 Å². The molecule has 0 saturated carbocycles. The second-order valence-corrected chi connectivity index (χ2v) is 7.21. The van der Waals surface area contributed by atoms with E-state index >= 15 is 0 Å². The van der Waals surface area contributed by atoms with Gasteiger partial charge in [-0.3, -0.25) is 4.79 Å². The Labute approximate surface area is 141 Å². The quantitative estimate of drug-likeness (QED) is 0.866. The number of methoxy groups -OCH3 is 2. The van der Waals surface area contributed by atoms with Gasteiger partial charge in [0.2, 0.25) is 5.91 Å². The predicted molar refractivity (Wildman–Crippen MR) is 91.4 cm³/mol. The lowest BCUT2D eigenvalue weighted by Gasteiger charge is -2.10. The normalized spacial score (nSPS) is 11.0. The zero-order valence-corrected chi connectivity index (χ0v) is 14.5. The van der Waals surface area contributed by atoms with E-state index in [0.717, 1.165) is 5.56 Å². The molecule has 0 aliphatic carbocycles. The number of aryl methyl sites for hydroxylation is 1. The fourth-order valence-corrected chi connectivity index (χ4v) is 3.21. The molecule has 128 valence electrons. The van der Waals surface area contributed by atoms with Crippen LogP contribution in [0.3, 0.4) is 0 Å². The van der Waals surface area contributed by atoms with Gasteiger partial charge in [-0.15, -0.1) is 0 Å². The highest BCUT2D eigenvalue weighted by molar-refractivity contribution is 7.92. The van der Waals surface area contributed by atoms with Gasteiger partial charge in [0.25, 0.3) is 0 Å². The lowest BCUT2D eigenvalue weighted by atomic mass is 10.2. The number of nitrogens with one attached hydrogen (secondary N) is 1. The van der Waals surface area contributed by atoms with E-state index in [1.54, 1.807) is 30.3 Å². The van der Waals surface area contributed by atoms with Crippen molar-refractivity contribution in [1.82, 2.24) is 0 Å². The zero-order chi connectivity index (χ0) is 17.7. The van der Waals surface area contributed by atoms with Crippen LogP contribution in [0.5, 0.6) is 11.5 Å². The molecular formula is C17H19NO5S. The first kappa shape index (κ1) is 17.8. The van der Waals surface area contributed by atoms with E-state index in [4.69, 9.17) is 9.47 Å². The smallest absolute Gasteiger partial charge is 0.239 e. The average Bonchev–Trinajstić information content (AvgIpc) is 2.54. The van der Waals surface area contributed by atoms with E-state index in [-0.39, 0.29) is 4.90 Å². The Balaban J connectivity index is 2.14. The average molecular weight is 349 g/mol. The van der Waals surface area contributed by atoms with Gasteiger partial charge in [-0.25, -0.2) is 8.42 Å². The summed E-state index contributed by atoms with van der Waals surface area (Å²) in [6.45, 7) is 1.86. The summed E-state index contributed by atoms with van der Waals surface area (Å²) in [7, 11) is -0.726. The van der Waals surface area contributed by atoms with Gasteiger partial charge in [0.05, 0.1) is 19.1 Å². The van der Waals surface area contributed by atoms with Gasteiger partial charge in [0, 0.05) is 23.9 Å². The van der Waals surface area contributed by atoms with E-state index in [1.807, 2.05) is 6.92 Å². The van der Waals surface area contributed by atoms with Crippen molar-refractivity contribution in [3.8, 4) is 11.5 Å². The second kappa shape index (κ2) is 7.35. The Morgan fingerprint density at radius 2 is 1.54 bits per heavy atom. The van der Waals surface area contributed by atoms with E-state index in [0.29, 0.717) is 17.2 Å². The summed E-state index contributed by atoms with van der Waals surface area (Å²) in [6, 6.07) is 11.2. The molecular weight excluding hydrogens is 330 g/mol. The fraction of sp³-hybridized carbons (Fsp3) is 0.235. The van der Waals surface area contributed by atoms with Crippen molar-refractivity contribution in [2.45, 2.75) is 11.8 Å². The molecule has 0 bridgehead atoms. The van der Waals surface area contributed by atoms with Crippen molar-refractivity contribution < 1.29 is 22.7 Å². The van der Waals surface area contributed by atoms with Crippen LogP contribution in [0.15, 0.2) is 47.4 Å². The van der Waals surface area contributed by atoms with Gasteiger partial charge in [0.1, 0.15) is 17.3 Å². The standard InChI is InChI=1S/C17H19NO5S/c1-12-4-6-16(7-5-12)24(20,21)11-17(19)18-13-8-14(22-2)10-15(9-13)23-3/h4-10H,11H2,1-3H3,(H,18,19). The summed E-state index contributed by atoms with van der Waals surface area (Å²) < 4.78 is 34.8. The predicted octanol–water partition coefficient (Wildman–Crippen LogP) is 2.42. The van der Waals surface area contributed by atoms with Gasteiger partial charge < -0.3 is 14.8 Å². The summed E-state index contributed by atoms with van der Waals surface area (Å²) in [5, 5.41) is 2.55. The van der Waals surface area contributed by atoms with Crippen LogP contribution in [0, 0.1) is 6.92 Å². The minimum absolute atomic E-state index is 0.117. The van der Waals surface area contributed by atoms with Crippen molar-refractivity contribution in [2.24, 2.45) is 0 Å². The third-order valence-corrected chi connectivity index (χ3v) is 4.97. The lowest BCUT2D eigenvalue weighted by Crippen LogP contribution is -2.23. The summed E-state index contributed by atoms with van der Waals surface area (Å²) in [5.41, 5.74) is 1.34. The highest BCUT2D eigenvalue weighted by atomic mass is 32.2. The van der Waals surface area contributed by atoms with Crippen LogP contribution in [0.2, 0.25) is 0 Å². The summed E-state index contributed by atoms with van der Waals surface area (Å²) in [6.07, 6.45) is 0. The molecule has 0 aliphatic rings. The summed E-state index contributed by atoms with van der Waals surface area (Å²) in [4.78, 5) is 12.2. The van der Waals surface area contributed by atoms with Crippen LogP contribution < -0.4 is 14.8 Å². The molecule has 0 atom stereocenters. The number of benzene rings is 2. The minimum Gasteiger partial charge on any atom is -0.497 e. The molecule has 0 heterocycles. The molecule has 0 fully saturated rings. The number of anilines is 1. The molecule has 0 unspecified atom stereocenters. The van der Waals surface area contributed by atoms with Gasteiger partial charge in [-0.1, -0.05) is 17.7 Å². The van der Waals surface area contributed by atoms with Crippen LogP contribution in [0.4, 0.5) is 5.69 Å². The van der Waals surface area contributed by atoms with Gasteiger partial charge in [-0.2, -0.15) is 0 Å². The number of rotatable bonds is 6. The molecule has 6 nitrogen and oxygen atoms in total. The molecule has 0 spiro atoms. The maximum Gasteiger partial charge on any atom is 0.239 e. The van der Waals surface area contributed by atoms with Crippen LogP contribution >= 0.6 is 0 Å². The van der Waals surface area contributed by atoms with Crippen LogP contribution in [-0.2, 0) is 14.6 Å². The maximum atomic E-state index is 12.3. The largest absolute Gasteiger partial charge is 0.497 e. The van der Waals surface area contributed by atoms with Gasteiger partial charge >= 0.3 is 0 Å². The van der Waals surface area contributed by atoms with Crippen LogP contribution in [-0.4, -0.2) is 34.3 Å². The number of carbonyl (C=O) groups excluding carboxylic acids is 1. The van der Waals surface area contributed by atoms with Crippen LogP contribution in [0.25, 0.3) is 0 Å². The Hall–Kier alpha value is -2.54. The van der Waals surface area contributed by atoms with Crippen molar-refractivity contribution >= 4 is 21.4 Å². The molecule has 2 aromatic rings. The highest BCUT2D eigenvalue weighted by Gasteiger charge is 2.19. The zero-order valence-electron chi connectivity index (χ0n) is 13.7. The molecule has 2 aromatic carbocycles. The number of hydrogen-bond donors (Lipinski definition) is 1. The first-order valence-corrected chi connectivity index (χ1v) is 8.81. The number of hydrogen-bond acceptors (Lipinski definition) is 5. The Morgan fingerprint density at radius 3 is 2.04 bits per heavy atom. The Kier molecular flexibility index (Phi) is 5.46. The van der Waals surface area contributed by atoms with Crippen molar-refractivity contribution in [2.75, 3.05) is 25.3 Å². The minimum atomic E-state index is -3.70. The monoisotopic (exact) mass is 349 g/mol. The van der Waals surface area contributed by atoms with Gasteiger partial charge in [0.15, 0.2) is 9.84 Å². The molecule has 0 aliphatic heterocycles. The van der Waals surface area contributed by atoms with E-state index in [1.165, 1.54) is 26.4 Å². The summed E-state index contributed by atoms with van der Waals surface area (Å²) >= 11 is 0. The molecule has 0 saturated heterocycles. The summed E-state index contributed by atoms with van der Waals surface area (Å²) in [5.74, 6) is -0.293. The van der Waals surface area contributed by atoms with Crippen molar-refractivity contribution in [1.29, 1.82) is 0 Å². The van der Waals surface area contributed by atoms with Crippen molar-refractivity contribution in [3.05, 3.63) is 48.0 Å². The molecule has 1 N–H and O–H groups in total. The molecule has 2 rings (SSSR count). The molecule has 0 radical (unpaired) electrons. The first-order valence-electron chi connectivity index (χ1n) is 7.16. The first-order chi connectivity index (χ1) is 11.3. The highest BCUT2D eigenvalue weighted by Crippen LogP contribution is 2.25. The topological polar surface area (TPSA) is 81.7 Å². The number of ether oxygens (including phenoxy) is 2. The van der Waals surface area contributed by atoms with Gasteiger partial charge in [-0.05, 0) is 19.1 Å². The second-order valence-electron chi connectivity index (χ2n) is 5.22. The molecule has 24 heavy (non-hydrogen) atoms. The van der Waals surface area contributed by atoms with Crippen LogP contribution in [0.1, 0.15) is 5.56 Å². The number of carbonyl (C=O) groups is 1. The Bertz CT molecular complexity index is 806. The fourth-order valence-electron chi connectivity index (χ4n) is 2.08. The third kappa shape index (κ3) is 4.48. The maximum absolute atomic E-state index is 12.3. The molecule has 7 heteroatoms. The van der Waals surface area contributed by atoms with E-state index in [2.05, 4.69) is 5.32 Å². The number of sulfone groups is 1.